The number of hydrogen-bond acceptors (Lipinski definition) is 9. The smallest absolute Gasteiger partial charge is 0.425 e. The van der Waals surface area contributed by atoms with Crippen molar-refractivity contribution >= 4 is 33.3 Å². The minimum atomic E-state index is -4.90. The molecule has 3 aromatic heterocycles. The average molecular weight is 611 g/mol. The second-order valence-electron chi connectivity index (χ2n) is 8.74. The number of nitrogens with zero attached hydrogens (tertiary/aromatic N) is 5. The number of aryl methyl sites for hydroxylation is 1. The lowest BCUT2D eigenvalue weighted by atomic mass is 10.2. The van der Waals surface area contributed by atoms with Crippen LogP contribution >= 0.6 is 11.6 Å². The van der Waals surface area contributed by atoms with Crippen LogP contribution in [0.15, 0.2) is 23.1 Å². The van der Waals surface area contributed by atoms with Gasteiger partial charge in [-0.1, -0.05) is 11.6 Å². The summed E-state index contributed by atoms with van der Waals surface area (Å²) >= 11 is 6.00. The number of alkyl halides is 3. The molecule has 18 heteroatoms. The Kier molecular flexibility index (Phi) is 8.90. The SMILES string of the molecule is Cc1ccnc(Cl)c1NC(=O)c1cc(F)c(-n2nc(COS(C)(=O)=O)n(C(C)C)c2=O)nc1O[C@@H](C)C(F)(F)F. The summed E-state index contributed by atoms with van der Waals surface area (Å²) in [7, 11) is -3.96. The Labute approximate surface area is 230 Å². The van der Waals surface area contributed by atoms with Crippen molar-refractivity contribution < 1.29 is 39.7 Å². The van der Waals surface area contributed by atoms with Gasteiger partial charge in [0, 0.05) is 12.2 Å². The number of ether oxygens (including phenoxy) is 1. The third kappa shape index (κ3) is 6.95. The second-order valence-corrected chi connectivity index (χ2v) is 10.7. The molecule has 0 aliphatic carbocycles. The molecule has 3 heterocycles. The number of nitrogens with one attached hydrogen (secondary N) is 1. The number of anilines is 1. The molecule has 12 nitrogen and oxygen atoms in total. The summed E-state index contributed by atoms with van der Waals surface area (Å²) in [5, 5.41) is 6.07. The van der Waals surface area contributed by atoms with E-state index in [1.165, 1.54) is 12.3 Å². The summed E-state index contributed by atoms with van der Waals surface area (Å²) in [6.45, 7) is 4.58. The fourth-order valence-corrected chi connectivity index (χ4v) is 3.86. The highest BCUT2D eigenvalue weighted by Gasteiger charge is 2.39. The molecule has 3 rings (SSSR count). The van der Waals surface area contributed by atoms with Crippen LogP contribution in [0.5, 0.6) is 5.88 Å². The van der Waals surface area contributed by atoms with Crippen molar-refractivity contribution in [1.29, 1.82) is 0 Å². The van der Waals surface area contributed by atoms with E-state index in [-0.39, 0.29) is 16.7 Å². The van der Waals surface area contributed by atoms with Gasteiger partial charge >= 0.3 is 11.9 Å². The van der Waals surface area contributed by atoms with Crippen molar-refractivity contribution in [3.8, 4) is 11.7 Å². The first kappa shape index (κ1) is 31.0. The highest BCUT2D eigenvalue weighted by molar-refractivity contribution is 7.85. The molecule has 0 fully saturated rings. The number of aromatic nitrogens is 5. The van der Waals surface area contributed by atoms with Gasteiger partial charge in [-0.25, -0.2) is 14.2 Å². The minimum absolute atomic E-state index is 0.0101. The quantitative estimate of drug-likeness (QED) is 0.218. The Hall–Kier alpha value is -3.57. The molecular formula is C22H23ClF4N6O6S. The van der Waals surface area contributed by atoms with Gasteiger partial charge in [-0.15, -0.1) is 5.10 Å². The van der Waals surface area contributed by atoms with Crippen LogP contribution in [0.3, 0.4) is 0 Å². The van der Waals surface area contributed by atoms with Gasteiger partial charge in [0.15, 0.2) is 28.7 Å². The molecule has 0 radical (unpaired) electrons. The topological polar surface area (TPSA) is 147 Å². The molecule has 0 bridgehead atoms. The Morgan fingerprint density at radius 1 is 1.25 bits per heavy atom. The minimum Gasteiger partial charge on any atom is -0.464 e. The maximum atomic E-state index is 15.3. The largest absolute Gasteiger partial charge is 0.464 e. The van der Waals surface area contributed by atoms with Gasteiger partial charge < -0.3 is 10.1 Å². The zero-order chi connectivity index (χ0) is 30.2. The van der Waals surface area contributed by atoms with E-state index in [4.69, 9.17) is 16.3 Å². The van der Waals surface area contributed by atoms with E-state index in [1.807, 2.05) is 0 Å². The van der Waals surface area contributed by atoms with Crippen LogP contribution in [0, 0.1) is 12.7 Å². The van der Waals surface area contributed by atoms with Crippen LogP contribution in [0.1, 0.15) is 48.6 Å². The number of hydrogen-bond donors (Lipinski definition) is 1. The van der Waals surface area contributed by atoms with Crippen LogP contribution in [0.2, 0.25) is 5.15 Å². The molecule has 0 aliphatic heterocycles. The zero-order valence-corrected chi connectivity index (χ0v) is 23.1. The highest BCUT2D eigenvalue weighted by atomic mass is 35.5. The van der Waals surface area contributed by atoms with Crippen LogP contribution in [0.25, 0.3) is 5.82 Å². The molecular weight excluding hydrogens is 588 g/mol. The number of carbonyl (C=O) groups excluding carboxylic acids is 1. The molecule has 1 N–H and O–H groups in total. The first-order valence-corrected chi connectivity index (χ1v) is 13.5. The summed E-state index contributed by atoms with van der Waals surface area (Å²) in [5.74, 6) is -4.61. The molecule has 218 valence electrons. The Morgan fingerprint density at radius 3 is 2.45 bits per heavy atom. The summed E-state index contributed by atoms with van der Waals surface area (Å²) in [6, 6.07) is 1.39. The maximum Gasteiger partial charge on any atom is 0.425 e. The van der Waals surface area contributed by atoms with Crippen molar-refractivity contribution in [2.24, 2.45) is 0 Å². The monoisotopic (exact) mass is 610 g/mol. The van der Waals surface area contributed by atoms with E-state index in [0.29, 0.717) is 23.2 Å². The lowest BCUT2D eigenvalue weighted by Crippen LogP contribution is -2.33. The van der Waals surface area contributed by atoms with E-state index >= 15 is 4.39 Å². The van der Waals surface area contributed by atoms with Crippen LogP contribution in [-0.4, -0.2) is 57.2 Å². The molecule has 0 aliphatic rings. The Bertz CT molecular complexity index is 1590. The average Bonchev–Trinajstić information content (AvgIpc) is 3.16. The summed E-state index contributed by atoms with van der Waals surface area (Å²) in [6.07, 6.45) is -5.29. The van der Waals surface area contributed by atoms with E-state index in [1.54, 1.807) is 20.8 Å². The van der Waals surface area contributed by atoms with Crippen LogP contribution in [0.4, 0.5) is 23.2 Å². The third-order valence-corrected chi connectivity index (χ3v) is 6.10. The maximum absolute atomic E-state index is 15.3. The van der Waals surface area contributed by atoms with Crippen molar-refractivity contribution in [2.45, 2.75) is 52.6 Å². The Morgan fingerprint density at radius 2 is 1.90 bits per heavy atom. The van der Waals surface area contributed by atoms with E-state index < -0.39 is 69.7 Å². The molecule has 0 saturated heterocycles. The first-order chi connectivity index (χ1) is 18.4. The van der Waals surface area contributed by atoms with Gasteiger partial charge in [-0.05, 0) is 45.4 Å². The lowest BCUT2D eigenvalue weighted by Gasteiger charge is -2.19. The molecule has 3 aromatic rings. The molecule has 40 heavy (non-hydrogen) atoms. The molecule has 0 spiro atoms. The number of carbonyl (C=O) groups is 1. The van der Waals surface area contributed by atoms with E-state index in [9.17, 15) is 31.2 Å². The van der Waals surface area contributed by atoms with Gasteiger partial charge in [-0.2, -0.15) is 31.3 Å². The van der Waals surface area contributed by atoms with Crippen molar-refractivity contribution in [2.75, 3.05) is 11.6 Å². The number of amides is 1. The molecule has 0 aromatic carbocycles. The predicted octanol–water partition coefficient (Wildman–Crippen LogP) is 3.56. The molecule has 1 atom stereocenters. The second kappa shape index (κ2) is 11.5. The van der Waals surface area contributed by atoms with Crippen molar-refractivity contribution in [3.05, 3.63) is 56.7 Å². The van der Waals surface area contributed by atoms with Gasteiger partial charge in [0.05, 0.1) is 11.9 Å². The van der Waals surface area contributed by atoms with E-state index in [2.05, 4.69) is 24.6 Å². The first-order valence-electron chi connectivity index (χ1n) is 11.3. The molecule has 1 amide bonds. The van der Waals surface area contributed by atoms with Gasteiger partial charge in [0.1, 0.15) is 12.2 Å². The predicted molar refractivity (Wildman–Crippen MR) is 134 cm³/mol. The van der Waals surface area contributed by atoms with E-state index in [0.717, 1.165) is 10.8 Å². The van der Waals surface area contributed by atoms with Crippen molar-refractivity contribution in [3.63, 3.8) is 0 Å². The zero-order valence-electron chi connectivity index (χ0n) is 21.6. The lowest BCUT2D eigenvalue weighted by molar-refractivity contribution is -0.190. The number of pyridine rings is 2. The summed E-state index contributed by atoms with van der Waals surface area (Å²) in [4.78, 5) is 33.6. The van der Waals surface area contributed by atoms with Gasteiger partial charge in [-0.3, -0.25) is 13.5 Å². The molecule has 0 saturated carbocycles. The normalized spacial score (nSPS) is 13.0. The van der Waals surface area contributed by atoms with Gasteiger partial charge in [0.25, 0.3) is 16.0 Å². The molecule has 0 unspecified atom stereocenters. The number of halogens is 5. The fraction of sp³-hybridized carbons (Fsp3) is 0.409. The van der Waals surface area contributed by atoms with Crippen LogP contribution < -0.4 is 15.7 Å². The summed E-state index contributed by atoms with van der Waals surface area (Å²) < 4.78 is 89.1. The summed E-state index contributed by atoms with van der Waals surface area (Å²) in [5.41, 5.74) is -1.32. The third-order valence-electron chi connectivity index (χ3n) is 5.27. The fourth-order valence-electron chi connectivity index (χ4n) is 3.29. The van der Waals surface area contributed by atoms with Gasteiger partial charge in [0.2, 0.25) is 5.88 Å². The Balaban J connectivity index is 2.18. The van der Waals surface area contributed by atoms with Crippen LogP contribution in [-0.2, 0) is 20.9 Å². The highest BCUT2D eigenvalue weighted by Crippen LogP contribution is 2.30. The standard InChI is InChI=1S/C22H23ClF4N6O6S/c1-10(2)32-15(9-38-40(5,36)37)31-33(21(32)35)18-14(24)8-13(20(30-18)39-12(4)22(25,26)27)19(34)29-16-11(3)6-7-28-17(16)23/h6-8,10,12H,9H2,1-5H3,(H,29,34)/t12-/m0/s1. The van der Waals surface area contributed by atoms with Crippen molar-refractivity contribution in [1.82, 2.24) is 24.3 Å². The number of rotatable bonds is 9.